The van der Waals surface area contributed by atoms with Gasteiger partial charge in [0.25, 0.3) is 0 Å². The van der Waals surface area contributed by atoms with E-state index in [0.29, 0.717) is 18.2 Å². The van der Waals surface area contributed by atoms with Gasteiger partial charge in [0, 0.05) is 37.4 Å². The van der Waals surface area contributed by atoms with Crippen molar-refractivity contribution >= 4 is 11.8 Å². The fourth-order valence-corrected chi connectivity index (χ4v) is 5.52. The number of nitrogens with one attached hydrogen (secondary N) is 1. The smallest absolute Gasteiger partial charge is 0.435 e. The van der Waals surface area contributed by atoms with Crippen LogP contribution < -0.4 is 5.32 Å². The number of aryl methyl sites for hydroxylation is 2. The number of fused-ring (bicyclic) bond motifs is 1. The molecular formula is C28H32F3N5O2. The van der Waals surface area contributed by atoms with Crippen LogP contribution >= 0.6 is 0 Å². The lowest BCUT2D eigenvalue weighted by Crippen LogP contribution is -2.28. The number of carbonyl (C=O) groups is 1. The number of likely N-dealkylation sites (tertiary alicyclic amines) is 1. The lowest BCUT2D eigenvalue weighted by atomic mass is 9.94. The monoisotopic (exact) mass is 527 g/mol. The molecule has 38 heavy (non-hydrogen) atoms. The summed E-state index contributed by atoms with van der Waals surface area (Å²) in [6.45, 7) is 3.35. The maximum atomic E-state index is 13.0. The lowest BCUT2D eigenvalue weighted by Gasteiger charge is -2.24. The molecule has 0 aliphatic carbocycles. The Morgan fingerprint density at radius 1 is 1.21 bits per heavy atom. The molecule has 2 aliphatic heterocycles. The Bertz CT molecular complexity index is 1280. The standard InChI is InChI=1S/C28H32F3N5O2/c29-28(30,31)25-11-14-36(34-25)24-5-1-3-21(15-24)22(16-26(37)38)18-35-13-10-19(17-35)6-8-23-9-7-20-4-2-12-32-27(20)33-23/h1,3,5,7,9,11,14-15,19,22H,2,4,6,8,10,12-13,16-18H2,(H,32,33)(H,37,38). The summed E-state index contributed by atoms with van der Waals surface area (Å²) in [7, 11) is 0. The molecule has 3 aromatic rings. The first-order valence-electron chi connectivity index (χ1n) is 13.1. The molecule has 4 heterocycles. The molecule has 7 nitrogen and oxygen atoms in total. The minimum absolute atomic E-state index is 0.0520. The van der Waals surface area contributed by atoms with E-state index in [1.165, 1.54) is 16.4 Å². The average molecular weight is 528 g/mol. The van der Waals surface area contributed by atoms with Crippen molar-refractivity contribution in [1.29, 1.82) is 0 Å². The van der Waals surface area contributed by atoms with Crippen LogP contribution in [0.5, 0.6) is 0 Å². The Morgan fingerprint density at radius 2 is 2.08 bits per heavy atom. The second-order valence-electron chi connectivity index (χ2n) is 10.3. The third-order valence-corrected chi connectivity index (χ3v) is 7.52. The Labute approximate surface area is 219 Å². The molecule has 10 heteroatoms. The number of aromatic nitrogens is 3. The number of alkyl halides is 3. The molecule has 2 aromatic heterocycles. The van der Waals surface area contributed by atoms with Crippen LogP contribution in [0.25, 0.3) is 5.69 Å². The molecule has 0 amide bonds. The van der Waals surface area contributed by atoms with Crippen molar-refractivity contribution in [3.8, 4) is 5.69 Å². The molecule has 2 N–H and O–H groups in total. The van der Waals surface area contributed by atoms with Crippen molar-refractivity contribution in [2.24, 2.45) is 5.92 Å². The van der Waals surface area contributed by atoms with Gasteiger partial charge in [0.2, 0.25) is 0 Å². The van der Waals surface area contributed by atoms with Gasteiger partial charge in [0.1, 0.15) is 5.82 Å². The SMILES string of the molecule is O=C(O)CC(CN1CCC(CCc2ccc3c(n2)NCCC3)C1)c1cccc(-n2ccc(C(F)(F)F)n2)c1. The number of rotatable bonds is 9. The van der Waals surface area contributed by atoms with Crippen LogP contribution in [-0.4, -0.2) is 56.9 Å². The van der Waals surface area contributed by atoms with E-state index < -0.39 is 17.8 Å². The Hall–Kier alpha value is -3.40. The fourth-order valence-electron chi connectivity index (χ4n) is 5.52. The topological polar surface area (TPSA) is 83.3 Å². The van der Waals surface area contributed by atoms with E-state index in [1.54, 1.807) is 18.2 Å². The minimum Gasteiger partial charge on any atom is -0.481 e. The van der Waals surface area contributed by atoms with Gasteiger partial charge in [-0.05, 0) is 80.0 Å². The van der Waals surface area contributed by atoms with Crippen molar-refractivity contribution < 1.29 is 23.1 Å². The van der Waals surface area contributed by atoms with Gasteiger partial charge in [0.15, 0.2) is 5.69 Å². The zero-order valence-electron chi connectivity index (χ0n) is 21.1. The number of hydrogen-bond acceptors (Lipinski definition) is 5. The predicted octanol–water partition coefficient (Wildman–Crippen LogP) is 5.16. The Balaban J connectivity index is 1.21. The molecular weight excluding hydrogens is 495 g/mol. The molecule has 0 radical (unpaired) electrons. The summed E-state index contributed by atoms with van der Waals surface area (Å²) in [5.41, 5.74) is 2.68. The molecule has 0 saturated carbocycles. The van der Waals surface area contributed by atoms with Crippen LogP contribution in [0, 0.1) is 5.92 Å². The number of hydrogen-bond donors (Lipinski definition) is 2. The summed E-state index contributed by atoms with van der Waals surface area (Å²) in [5.74, 6) is 0.353. The molecule has 2 aliphatic rings. The fraction of sp³-hybridized carbons (Fsp3) is 0.464. The minimum atomic E-state index is -4.52. The first-order chi connectivity index (χ1) is 18.2. The molecule has 202 valence electrons. The number of halogens is 3. The van der Waals surface area contributed by atoms with Crippen LogP contribution in [0.4, 0.5) is 19.0 Å². The van der Waals surface area contributed by atoms with Gasteiger partial charge in [0.05, 0.1) is 12.1 Å². The number of anilines is 1. The number of pyridine rings is 1. The third-order valence-electron chi connectivity index (χ3n) is 7.52. The molecule has 0 spiro atoms. The second-order valence-corrected chi connectivity index (χ2v) is 10.3. The summed E-state index contributed by atoms with van der Waals surface area (Å²) in [4.78, 5) is 18.8. The summed E-state index contributed by atoms with van der Waals surface area (Å²) < 4.78 is 40.2. The van der Waals surface area contributed by atoms with Crippen LogP contribution in [0.2, 0.25) is 0 Å². The highest BCUT2D eigenvalue weighted by molar-refractivity contribution is 5.68. The van der Waals surface area contributed by atoms with Gasteiger partial charge < -0.3 is 15.3 Å². The first-order valence-corrected chi connectivity index (χ1v) is 13.1. The average Bonchev–Trinajstić information content (AvgIpc) is 3.57. The Kier molecular flexibility index (Phi) is 7.69. The largest absolute Gasteiger partial charge is 0.481 e. The van der Waals surface area contributed by atoms with Crippen molar-refractivity contribution in [1.82, 2.24) is 19.7 Å². The summed E-state index contributed by atoms with van der Waals surface area (Å²) in [6, 6.07) is 12.2. The Morgan fingerprint density at radius 3 is 2.87 bits per heavy atom. The zero-order chi connectivity index (χ0) is 26.7. The van der Waals surface area contributed by atoms with E-state index in [0.717, 1.165) is 74.9 Å². The second kappa shape index (κ2) is 11.1. The lowest BCUT2D eigenvalue weighted by molar-refractivity contribution is -0.141. The summed E-state index contributed by atoms with van der Waals surface area (Å²) in [6.07, 6.45) is 1.91. The van der Waals surface area contributed by atoms with E-state index in [2.05, 4.69) is 27.4 Å². The van der Waals surface area contributed by atoms with E-state index in [4.69, 9.17) is 4.98 Å². The van der Waals surface area contributed by atoms with E-state index in [9.17, 15) is 23.1 Å². The highest BCUT2D eigenvalue weighted by Gasteiger charge is 2.34. The maximum Gasteiger partial charge on any atom is 0.435 e. The van der Waals surface area contributed by atoms with Gasteiger partial charge in [-0.15, -0.1) is 0 Å². The number of benzene rings is 1. The van der Waals surface area contributed by atoms with Crippen molar-refractivity contribution in [2.75, 3.05) is 31.5 Å². The molecule has 2 atom stereocenters. The van der Waals surface area contributed by atoms with Crippen LogP contribution in [0.1, 0.15) is 54.1 Å². The number of aliphatic carboxylic acids is 1. The summed E-state index contributed by atoms with van der Waals surface area (Å²) in [5, 5.41) is 16.6. The van der Waals surface area contributed by atoms with Crippen LogP contribution in [0.3, 0.4) is 0 Å². The van der Waals surface area contributed by atoms with E-state index in [1.807, 2.05) is 6.07 Å². The highest BCUT2D eigenvalue weighted by Crippen LogP contribution is 2.30. The van der Waals surface area contributed by atoms with Gasteiger partial charge in [-0.3, -0.25) is 4.79 Å². The third kappa shape index (κ3) is 6.35. The molecule has 2 unspecified atom stereocenters. The van der Waals surface area contributed by atoms with Crippen molar-refractivity contribution in [2.45, 2.75) is 50.6 Å². The normalized spacial score (nSPS) is 18.7. The maximum absolute atomic E-state index is 13.0. The van der Waals surface area contributed by atoms with Crippen molar-refractivity contribution in [3.63, 3.8) is 0 Å². The predicted molar refractivity (Wildman–Crippen MR) is 137 cm³/mol. The number of carboxylic acids is 1. The van der Waals surface area contributed by atoms with Gasteiger partial charge in [-0.1, -0.05) is 18.2 Å². The quantitative estimate of drug-likeness (QED) is 0.400. The van der Waals surface area contributed by atoms with Gasteiger partial charge in [-0.25, -0.2) is 9.67 Å². The zero-order valence-corrected chi connectivity index (χ0v) is 21.1. The summed E-state index contributed by atoms with van der Waals surface area (Å²) >= 11 is 0. The highest BCUT2D eigenvalue weighted by atomic mass is 19.4. The van der Waals surface area contributed by atoms with E-state index in [-0.39, 0.29) is 12.3 Å². The molecule has 0 bridgehead atoms. The first kappa shape index (κ1) is 26.2. The van der Waals surface area contributed by atoms with Gasteiger partial charge in [-0.2, -0.15) is 18.3 Å². The van der Waals surface area contributed by atoms with E-state index >= 15 is 0 Å². The molecule has 1 aromatic carbocycles. The molecule has 5 rings (SSSR count). The van der Waals surface area contributed by atoms with Crippen LogP contribution in [-0.2, 0) is 23.8 Å². The molecule has 1 fully saturated rings. The van der Waals surface area contributed by atoms with Gasteiger partial charge >= 0.3 is 12.1 Å². The number of carboxylic acid groups (broad SMARTS) is 1. The van der Waals surface area contributed by atoms with Crippen molar-refractivity contribution in [3.05, 3.63) is 71.2 Å². The number of nitrogens with zero attached hydrogens (tertiary/aromatic N) is 4. The van der Waals surface area contributed by atoms with Crippen LogP contribution in [0.15, 0.2) is 48.7 Å². The molecule has 1 saturated heterocycles.